The first kappa shape index (κ1) is 13.8. The predicted octanol–water partition coefficient (Wildman–Crippen LogP) is 2.83. The van der Waals surface area contributed by atoms with Crippen LogP contribution in [0.15, 0.2) is 42.5 Å². The van der Waals surface area contributed by atoms with E-state index in [0.29, 0.717) is 5.02 Å². The van der Waals surface area contributed by atoms with Crippen molar-refractivity contribution in [2.75, 3.05) is 7.11 Å². The van der Waals surface area contributed by atoms with Crippen LogP contribution in [0.2, 0.25) is 5.02 Å². The zero-order chi connectivity index (χ0) is 14.0. The minimum absolute atomic E-state index is 0.473. The maximum absolute atomic E-state index is 11.8. The first-order valence-corrected chi connectivity index (χ1v) is 6.29. The second-order valence-corrected chi connectivity index (χ2v) is 5.07. The molecule has 4 heteroatoms. The second kappa shape index (κ2) is 5.19. The Hall–Kier alpha value is -1.58. The van der Waals surface area contributed by atoms with Crippen molar-refractivity contribution in [1.29, 1.82) is 0 Å². The first-order chi connectivity index (χ1) is 8.95. The molecule has 0 saturated carbocycles. The molecule has 3 nitrogen and oxygen atoms in total. The van der Waals surface area contributed by atoms with Crippen LogP contribution >= 0.6 is 11.6 Å². The molecular formula is C15H15ClO3. The fourth-order valence-electron chi connectivity index (χ4n) is 2.07. The van der Waals surface area contributed by atoms with Crippen LogP contribution in [0.3, 0.4) is 0 Å². The van der Waals surface area contributed by atoms with Crippen molar-refractivity contribution in [3.05, 3.63) is 53.1 Å². The van der Waals surface area contributed by atoms with Crippen LogP contribution in [0.1, 0.15) is 12.5 Å². The summed E-state index contributed by atoms with van der Waals surface area (Å²) in [5.41, 5.74) is 0.370. The van der Waals surface area contributed by atoms with Gasteiger partial charge in [0.15, 0.2) is 0 Å². The molecule has 0 radical (unpaired) electrons. The summed E-state index contributed by atoms with van der Waals surface area (Å²) in [7, 11) is 1.31. The summed E-state index contributed by atoms with van der Waals surface area (Å²) in [5, 5.41) is 10.8. The van der Waals surface area contributed by atoms with Gasteiger partial charge in [0, 0.05) is 5.02 Å². The zero-order valence-electron chi connectivity index (χ0n) is 10.8. The summed E-state index contributed by atoms with van der Waals surface area (Å²) in [5.74, 6) is -1.22. The molecule has 0 bridgehead atoms. The topological polar surface area (TPSA) is 46.5 Å². The van der Waals surface area contributed by atoms with Crippen molar-refractivity contribution in [1.82, 2.24) is 0 Å². The normalized spacial score (nSPS) is 25.9. The molecule has 1 aliphatic carbocycles. The summed E-state index contributed by atoms with van der Waals surface area (Å²) in [6.45, 7) is 1.57. The lowest BCUT2D eigenvalue weighted by Crippen LogP contribution is -2.38. The van der Waals surface area contributed by atoms with Gasteiger partial charge >= 0.3 is 5.97 Å². The van der Waals surface area contributed by atoms with Crippen molar-refractivity contribution in [2.24, 2.45) is 5.92 Å². The largest absolute Gasteiger partial charge is 0.468 e. The van der Waals surface area contributed by atoms with E-state index < -0.39 is 17.5 Å². The lowest BCUT2D eigenvalue weighted by molar-refractivity contribution is -0.149. The van der Waals surface area contributed by atoms with Crippen LogP contribution in [0.5, 0.6) is 0 Å². The second-order valence-electron chi connectivity index (χ2n) is 4.66. The number of allylic oxidation sites excluding steroid dienone is 2. The molecule has 2 unspecified atom stereocenters. The maximum atomic E-state index is 11.8. The molecule has 0 heterocycles. The van der Waals surface area contributed by atoms with E-state index in [-0.39, 0.29) is 0 Å². The third-order valence-corrected chi connectivity index (χ3v) is 3.55. The van der Waals surface area contributed by atoms with Gasteiger partial charge in [-0.3, -0.25) is 4.79 Å². The van der Waals surface area contributed by atoms with E-state index in [1.54, 1.807) is 31.2 Å². The highest BCUT2D eigenvalue weighted by Gasteiger charge is 2.37. The first-order valence-electron chi connectivity index (χ1n) is 5.92. The molecule has 1 aliphatic rings. The molecule has 1 N–H and O–H groups in total. The van der Waals surface area contributed by atoms with Gasteiger partial charge in [-0.2, -0.15) is 0 Å². The van der Waals surface area contributed by atoms with Crippen molar-refractivity contribution in [2.45, 2.75) is 12.5 Å². The Morgan fingerprint density at radius 1 is 1.42 bits per heavy atom. The molecule has 0 spiro atoms. The summed E-state index contributed by atoms with van der Waals surface area (Å²) in [6.07, 6.45) is 5.04. The number of esters is 1. The Labute approximate surface area is 117 Å². The number of hydrogen-bond donors (Lipinski definition) is 1. The number of aliphatic hydroxyl groups is 1. The fraction of sp³-hybridized carbons (Fsp3) is 0.267. The van der Waals surface area contributed by atoms with E-state index in [2.05, 4.69) is 0 Å². The van der Waals surface area contributed by atoms with Crippen LogP contribution in [0.4, 0.5) is 0 Å². The van der Waals surface area contributed by atoms with E-state index in [4.69, 9.17) is 16.3 Å². The Balaban J connectivity index is 2.44. The van der Waals surface area contributed by atoms with E-state index in [0.717, 1.165) is 11.1 Å². The van der Waals surface area contributed by atoms with Crippen molar-refractivity contribution in [3.63, 3.8) is 0 Å². The van der Waals surface area contributed by atoms with Crippen molar-refractivity contribution >= 4 is 23.1 Å². The Kier molecular flexibility index (Phi) is 3.78. The summed E-state index contributed by atoms with van der Waals surface area (Å²) in [4.78, 5) is 11.8. The van der Waals surface area contributed by atoms with Gasteiger partial charge in [-0.1, -0.05) is 48.0 Å². The van der Waals surface area contributed by atoms with Gasteiger partial charge in [0.2, 0.25) is 0 Å². The molecule has 0 saturated heterocycles. The minimum atomic E-state index is -1.25. The molecule has 0 fully saturated rings. The quantitative estimate of drug-likeness (QED) is 0.846. The third-order valence-electron chi connectivity index (χ3n) is 3.22. The highest BCUT2D eigenvalue weighted by atomic mass is 35.5. The standard InChI is InChI=1S/C15H15ClO3/c1-15(18)8-7-10(9-12(15)14(17)19-2)11-5-3-4-6-13(11)16/h3-9,12,18H,1-2H3. The van der Waals surface area contributed by atoms with E-state index in [9.17, 15) is 9.90 Å². The van der Waals surface area contributed by atoms with Gasteiger partial charge in [0.05, 0.1) is 12.7 Å². The van der Waals surface area contributed by atoms with Crippen molar-refractivity contribution < 1.29 is 14.6 Å². The molecule has 0 amide bonds. The number of carbonyl (C=O) groups excluding carboxylic acids is 1. The van der Waals surface area contributed by atoms with Gasteiger partial charge in [-0.05, 0) is 24.1 Å². The van der Waals surface area contributed by atoms with Crippen LogP contribution in [0, 0.1) is 5.92 Å². The number of halogens is 1. The average molecular weight is 279 g/mol. The molecule has 2 atom stereocenters. The van der Waals surface area contributed by atoms with Crippen molar-refractivity contribution in [3.8, 4) is 0 Å². The van der Waals surface area contributed by atoms with Gasteiger partial charge in [-0.25, -0.2) is 0 Å². The summed E-state index contributed by atoms with van der Waals surface area (Å²) >= 11 is 6.14. The number of benzene rings is 1. The highest BCUT2D eigenvalue weighted by Crippen LogP contribution is 2.34. The number of rotatable bonds is 2. The van der Waals surface area contributed by atoms with Crippen LogP contribution in [-0.4, -0.2) is 23.8 Å². The number of carbonyl (C=O) groups is 1. The lowest BCUT2D eigenvalue weighted by Gasteiger charge is -2.29. The van der Waals surface area contributed by atoms with Crippen LogP contribution < -0.4 is 0 Å². The lowest BCUT2D eigenvalue weighted by atomic mass is 9.81. The summed E-state index contributed by atoms with van der Waals surface area (Å²) in [6, 6.07) is 7.36. The molecule has 100 valence electrons. The smallest absolute Gasteiger partial charge is 0.315 e. The molecule has 19 heavy (non-hydrogen) atoms. The van der Waals surface area contributed by atoms with Crippen LogP contribution in [0.25, 0.3) is 5.57 Å². The zero-order valence-corrected chi connectivity index (χ0v) is 11.5. The monoisotopic (exact) mass is 278 g/mol. The number of ether oxygens (including phenoxy) is 1. The predicted molar refractivity (Wildman–Crippen MR) is 74.7 cm³/mol. The number of methoxy groups -OCH3 is 1. The van der Waals surface area contributed by atoms with E-state index >= 15 is 0 Å². The molecule has 0 aromatic heterocycles. The molecule has 1 aromatic carbocycles. The third kappa shape index (κ3) is 2.72. The van der Waals surface area contributed by atoms with Gasteiger partial charge in [0.25, 0.3) is 0 Å². The Morgan fingerprint density at radius 2 is 2.11 bits per heavy atom. The molecule has 2 rings (SSSR count). The number of hydrogen-bond acceptors (Lipinski definition) is 3. The van der Waals surface area contributed by atoms with Crippen LogP contribution in [-0.2, 0) is 9.53 Å². The SMILES string of the molecule is COC(=O)C1C=C(c2ccccc2Cl)C=CC1(C)O. The van der Waals surface area contributed by atoms with Gasteiger partial charge in [0.1, 0.15) is 5.92 Å². The van der Waals surface area contributed by atoms with E-state index in [1.807, 2.05) is 18.2 Å². The molecule has 1 aromatic rings. The minimum Gasteiger partial charge on any atom is -0.468 e. The van der Waals surface area contributed by atoms with Gasteiger partial charge in [-0.15, -0.1) is 0 Å². The Morgan fingerprint density at radius 3 is 2.74 bits per heavy atom. The van der Waals surface area contributed by atoms with E-state index in [1.165, 1.54) is 7.11 Å². The van der Waals surface area contributed by atoms with Gasteiger partial charge < -0.3 is 9.84 Å². The fourth-order valence-corrected chi connectivity index (χ4v) is 2.32. The highest BCUT2D eigenvalue weighted by molar-refractivity contribution is 6.32. The molecular weight excluding hydrogens is 264 g/mol. The average Bonchev–Trinajstić information content (AvgIpc) is 2.39. The Bertz CT molecular complexity index is 558. The summed E-state index contributed by atoms with van der Waals surface area (Å²) < 4.78 is 4.73. The maximum Gasteiger partial charge on any atom is 0.315 e. The molecule has 0 aliphatic heterocycles.